The third-order valence-corrected chi connectivity index (χ3v) is 4.58. The van der Waals surface area contributed by atoms with E-state index < -0.39 is 0 Å². The van der Waals surface area contributed by atoms with Crippen LogP contribution in [0, 0.1) is 0 Å². The average molecular weight is 304 g/mol. The molecular formula is C11H14BrNO2S. The number of hydrogen-bond acceptors (Lipinski definition) is 3. The number of carbonyl (C=O) groups excluding carboxylic acids is 1. The summed E-state index contributed by atoms with van der Waals surface area (Å²) in [7, 11) is 0. The summed E-state index contributed by atoms with van der Waals surface area (Å²) in [6, 6.07) is 1.81. The van der Waals surface area contributed by atoms with Crippen molar-refractivity contribution in [3.05, 3.63) is 20.8 Å². The predicted octanol–water partition coefficient (Wildman–Crippen LogP) is 2.55. The molecule has 0 bridgehead atoms. The Kier molecular flexibility index (Phi) is 3.66. The highest BCUT2D eigenvalue weighted by atomic mass is 79.9. The van der Waals surface area contributed by atoms with Gasteiger partial charge in [-0.15, -0.1) is 11.3 Å². The SMILES string of the molecule is O=C(NC1(CO)CCCC1)c1csc(Br)c1. The number of amides is 1. The van der Waals surface area contributed by atoms with Gasteiger partial charge in [0.05, 0.1) is 21.5 Å². The van der Waals surface area contributed by atoms with Gasteiger partial charge in [0.25, 0.3) is 5.91 Å². The van der Waals surface area contributed by atoms with Crippen LogP contribution in [0.25, 0.3) is 0 Å². The molecule has 1 heterocycles. The highest BCUT2D eigenvalue weighted by molar-refractivity contribution is 9.11. The fourth-order valence-electron chi connectivity index (χ4n) is 2.12. The molecule has 88 valence electrons. The smallest absolute Gasteiger partial charge is 0.252 e. The molecule has 0 unspecified atom stereocenters. The van der Waals surface area contributed by atoms with Crippen LogP contribution in [0.1, 0.15) is 36.0 Å². The third-order valence-electron chi connectivity index (χ3n) is 3.07. The number of hydrogen-bond donors (Lipinski definition) is 2. The fraction of sp³-hybridized carbons (Fsp3) is 0.545. The molecule has 2 N–H and O–H groups in total. The van der Waals surface area contributed by atoms with Crippen LogP contribution < -0.4 is 5.32 Å². The van der Waals surface area contributed by atoms with Crippen LogP contribution >= 0.6 is 27.3 Å². The van der Waals surface area contributed by atoms with Gasteiger partial charge >= 0.3 is 0 Å². The zero-order valence-corrected chi connectivity index (χ0v) is 11.2. The molecule has 0 radical (unpaired) electrons. The van der Waals surface area contributed by atoms with Gasteiger partial charge in [0.1, 0.15) is 0 Å². The molecule has 1 aromatic heterocycles. The molecule has 3 nitrogen and oxygen atoms in total. The Morgan fingerprint density at radius 2 is 2.25 bits per heavy atom. The summed E-state index contributed by atoms with van der Waals surface area (Å²) in [6.45, 7) is 0.0318. The summed E-state index contributed by atoms with van der Waals surface area (Å²) in [5, 5.41) is 14.2. The quantitative estimate of drug-likeness (QED) is 0.901. The first-order valence-corrected chi connectivity index (χ1v) is 7.00. The Balaban J connectivity index is 2.06. The van der Waals surface area contributed by atoms with Gasteiger partial charge in [-0.25, -0.2) is 0 Å². The average Bonchev–Trinajstić information content (AvgIpc) is 2.88. The van der Waals surface area contributed by atoms with Crippen molar-refractivity contribution in [2.45, 2.75) is 31.2 Å². The third kappa shape index (κ3) is 2.47. The summed E-state index contributed by atoms with van der Waals surface area (Å²) < 4.78 is 0.946. The lowest BCUT2D eigenvalue weighted by molar-refractivity contribution is 0.0839. The first-order chi connectivity index (χ1) is 7.65. The molecule has 0 atom stereocenters. The summed E-state index contributed by atoms with van der Waals surface area (Å²) >= 11 is 4.82. The molecule has 1 fully saturated rings. The van der Waals surface area contributed by atoms with E-state index in [0.717, 1.165) is 29.5 Å². The van der Waals surface area contributed by atoms with Crippen LogP contribution in [0.15, 0.2) is 15.2 Å². The van der Waals surface area contributed by atoms with Gasteiger partial charge in [0.15, 0.2) is 0 Å². The summed E-state index contributed by atoms with van der Waals surface area (Å²) in [5.74, 6) is -0.0853. The van der Waals surface area contributed by atoms with E-state index in [4.69, 9.17) is 0 Å². The molecule has 2 rings (SSSR count). The molecule has 1 aromatic rings. The van der Waals surface area contributed by atoms with Crippen molar-refractivity contribution >= 4 is 33.2 Å². The van der Waals surface area contributed by atoms with Crippen molar-refractivity contribution < 1.29 is 9.90 Å². The van der Waals surface area contributed by atoms with Gasteiger partial charge in [0, 0.05) is 5.38 Å². The number of rotatable bonds is 3. The Bertz CT molecular complexity index is 385. The molecule has 16 heavy (non-hydrogen) atoms. The normalized spacial score (nSPS) is 18.6. The van der Waals surface area contributed by atoms with Crippen molar-refractivity contribution in [1.82, 2.24) is 5.32 Å². The predicted molar refractivity (Wildman–Crippen MR) is 67.8 cm³/mol. The Labute approximate surface area is 107 Å². The minimum absolute atomic E-state index is 0.0318. The van der Waals surface area contributed by atoms with Crippen LogP contribution in [0.5, 0.6) is 0 Å². The molecule has 0 aromatic carbocycles. The van der Waals surface area contributed by atoms with Crippen LogP contribution in [0.2, 0.25) is 0 Å². The highest BCUT2D eigenvalue weighted by Crippen LogP contribution is 2.30. The number of aliphatic hydroxyl groups is 1. The first-order valence-electron chi connectivity index (χ1n) is 5.33. The molecule has 1 aliphatic rings. The number of thiophene rings is 1. The largest absolute Gasteiger partial charge is 0.394 e. The second-order valence-electron chi connectivity index (χ2n) is 4.24. The number of halogens is 1. The Hall–Kier alpha value is -0.390. The maximum atomic E-state index is 11.9. The highest BCUT2D eigenvalue weighted by Gasteiger charge is 2.34. The lowest BCUT2D eigenvalue weighted by Crippen LogP contribution is -2.49. The first kappa shape index (κ1) is 12.1. The van der Waals surface area contributed by atoms with Crippen molar-refractivity contribution in [3.8, 4) is 0 Å². The van der Waals surface area contributed by atoms with Gasteiger partial charge in [-0.1, -0.05) is 12.8 Å². The van der Waals surface area contributed by atoms with Gasteiger partial charge in [-0.3, -0.25) is 4.79 Å². The lowest BCUT2D eigenvalue weighted by atomic mass is 9.98. The number of aliphatic hydroxyl groups excluding tert-OH is 1. The van der Waals surface area contributed by atoms with E-state index in [1.165, 1.54) is 11.3 Å². The standard InChI is InChI=1S/C11H14BrNO2S/c12-9-5-8(6-16-9)10(15)13-11(7-14)3-1-2-4-11/h5-6,14H,1-4,7H2,(H,13,15). The minimum atomic E-state index is -0.383. The van der Waals surface area contributed by atoms with E-state index >= 15 is 0 Å². The van der Waals surface area contributed by atoms with E-state index in [2.05, 4.69) is 21.2 Å². The monoisotopic (exact) mass is 303 g/mol. The van der Waals surface area contributed by atoms with E-state index in [1.54, 1.807) is 6.07 Å². The zero-order chi connectivity index (χ0) is 11.6. The van der Waals surface area contributed by atoms with Crippen LogP contribution in [0.3, 0.4) is 0 Å². The van der Waals surface area contributed by atoms with Gasteiger partial charge in [0.2, 0.25) is 0 Å². The van der Waals surface area contributed by atoms with Crippen LogP contribution in [-0.4, -0.2) is 23.2 Å². The van der Waals surface area contributed by atoms with Gasteiger partial charge < -0.3 is 10.4 Å². The molecule has 1 amide bonds. The van der Waals surface area contributed by atoms with E-state index in [9.17, 15) is 9.90 Å². The molecule has 1 aliphatic carbocycles. The number of nitrogens with one attached hydrogen (secondary N) is 1. The molecule has 5 heteroatoms. The van der Waals surface area contributed by atoms with Crippen molar-refractivity contribution in [2.75, 3.05) is 6.61 Å². The van der Waals surface area contributed by atoms with Gasteiger partial charge in [-0.2, -0.15) is 0 Å². The van der Waals surface area contributed by atoms with Crippen LogP contribution in [-0.2, 0) is 0 Å². The Morgan fingerprint density at radius 1 is 1.56 bits per heavy atom. The maximum Gasteiger partial charge on any atom is 0.252 e. The molecule has 0 saturated heterocycles. The summed E-state index contributed by atoms with van der Waals surface area (Å²) in [4.78, 5) is 11.9. The molecule has 0 aliphatic heterocycles. The van der Waals surface area contributed by atoms with E-state index in [0.29, 0.717) is 5.56 Å². The molecular weight excluding hydrogens is 290 g/mol. The summed E-state index contributed by atoms with van der Waals surface area (Å²) in [5.41, 5.74) is 0.280. The van der Waals surface area contributed by atoms with Crippen molar-refractivity contribution in [1.29, 1.82) is 0 Å². The summed E-state index contributed by atoms with van der Waals surface area (Å²) in [6.07, 6.45) is 3.91. The second-order valence-corrected chi connectivity index (χ2v) is 6.53. The Morgan fingerprint density at radius 3 is 2.75 bits per heavy atom. The fourth-order valence-corrected chi connectivity index (χ4v) is 3.25. The zero-order valence-electron chi connectivity index (χ0n) is 8.83. The number of carbonyl (C=O) groups is 1. The topological polar surface area (TPSA) is 49.3 Å². The second kappa shape index (κ2) is 4.85. The van der Waals surface area contributed by atoms with Crippen molar-refractivity contribution in [2.24, 2.45) is 0 Å². The van der Waals surface area contributed by atoms with E-state index in [1.807, 2.05) is 5.38 Å². The van der Waals surface area contributed by atoms with Crippen molar-refractivity contribution in [3.63, 3.8) is 0 Å². The van der Waals surface area contributed by atoms with E-state index in [-0.39, 0.29) is 18.1 Å². The lowest BCUT2D eigenvalue weighted by Gasteiger charge is -2.27. The maximum absolute atomic E-state index is 11.9. The molecule has 0 spiro atoms. The van der Waals surface area contributed by atoms with Crippen LogP contribution in [0.4, 0.5) is 0 Å². The molecule has 1 saturated carbocycles. The minimum Gasteiger partial charge on any atom is -0.394 e. The van der Waals surface area contributed by atoms with Gasteiger partial charge in [-0.05, 0) is 34.8 Å².